The van der Waals surface area contributed by atoms with Crippen molar-refractivity contribution in [3.05, 3.63) is 103 Å². The largest absolute Gasteiger partial charge is 0.487 e. The number of hydrogen-bond donors (Lipinski definition) is 2. The number of aromatic nitrogens is 4. The van der Waals surface area contributed by atoms with Crippen LogP contribution >= 0.6 is 69.1 Å². The van der Waals surface area contributed by atoms with Crippen LogP contribution in [0.2, 0.25) is 20.1 Å². The highest BCUT2D eigenvalue weighted by Gasteiger charge is 2.33. The van der Waals surface area contributed by atoms with E-state index in [1.165, 1.54) is 12.1 Å². The van der Waals surface area contributed by atoms with Crippen LogP contribution in [0.15, 0.2) is 69.1 Å². The molecule has 0 unspecified atom stereocenters. The van der Waals surface area contributed by atoms with Crippen molar-refractivity contribution < 1.29 is 35.4 Å². The van der Waals surface area contributed by atoms with E-state index in [0.717, 1.165) is 72.3 Å². The summed E-state index contributed by atoms with van der Waals surface area (Å²) in [6, 6.07) is 12.7. The number of halogens is 4. The van der Waals surface area contributed by atoms with Gasteiger partial charge < -0.3 is 9.47 Å². The van der Waals surface area contributed by atoms with Gasteiger partial charge in [0.15, 0.2) is 8.42 Å². The highest BCUT2D eigenvalue weighted by atomic mass is 35.5. The Labute approximate surface area is 361 Å². The molecule has 0 spiro atoms. The summed E-state index contributed by atoms with van der Waals surface area (Å²) < 4.78 is 81.9. The van der Waals surface area contributed by atoms with Gasteiger partial charge in [-0.1, -0.05) is 71.4 Å². The first kappa shape index (κ1) is 41.1. The minimum Gasteiger partial charge on any atom is -0.487 e. The molecular formula is C38H30Cl4N4O8S4. The summed E-state index contributed by atoms with van der Waals surface area (Å²) in [4.78, 5) is 1.03. The van der Waals surface area contributed by atoms with Crippen molar-refractivity contribution in [3.8, 4) is 44.0 Å². The monoisotopic (exact) mass is 938 g/mol. The Balaban J connectivity index is 0.922. The van der Waals surface area contributed by atoms with Gasteiger partial charge in [0.05, 0.1) is 54.0 Å². The maximum Gasteiger partial charge on any atom is 0.304 e. The third-order valence-corrected chi connectivity index (χ3v) is 15.3. The van der Waals surface area contributed by atoms with Crippen LogP contribution in [-0.4, -0.2) is 45.5 Å². The van der Waals surface area contributed by atoms with Gasteiger partial charge in [0.25, 0.3) is 0 Å². The van der Waals surface area contributed by atoms with E-state index >= 15 is 0 Å². The van der Waals surface area contributed by atoms with Crippen LogP contribution in [0.4, 0.5) is 0 Å². The van der Waals surface area contributed by atoms with Crippen molar-refractivity contribution in [2.45, 2.75) is 60.2 Å². The SMILES string of the molecule is O=S(=O)(O)c1cc2c(s1)-c1c(c(/C=C/CCCCCC/C=C/c3nn(-c4ccc(Cl)cc4Cl)c4c3COc3cc(S(=O)(=O)O)sc3-4)nn1-c1ccc(Cl)cc1Cl)CO2. The number of allylic oxidation sites excluding steroid dienone is 2. The minimum absolute atomic E-state index is 0.150. The van der Waals surface area contributed by atoms with Gasteiger partial charge in [0.2, 0.25) is 0 Å². The van der Waals surface area contributed by atoms with E-state index in [1.54, 1.807) is 45.8 Å². The molecule has 58 heavy (non-hydrogen) atoms. The van der Waals surface area contributed by atoms with Crippen LogP contribution in [0, 0.1) is 0 Å². The van der Waals surface area contributed by atoms with Gasteiger partial charge in [0, 0.05) is 33.3 Å². The van der Waals surface area contributed by atoms with Crippen LogP contribution < -0.4 is 9.47 Å². The first-order chi connectivity index (χ1) is 27.7. The Morgan fingerprint density at radius 3 is 1.43 bits per heavy atom. The molecule has 0 radical (unpaired) electrons. The van der Waals surface area contributed by atoms with E-state index in [2.05, 4.69) is 12.2 Å². The molecule has 6 heterocycles. The van der Waals surface area contributed by atoms with Gasteiger partial charge in [-0.2, -0.15) is 27.0 Å². The van der Waals surface area contributed by atoms with E-state index in [0.29, 0.717) is 75.5 Å². The molecule has 302 valence electrons. The number of ether oxygens (including phenoxy) is 2. The molecule has 2 aromatic carbocycles. The second-order valence-electron chi connectivity index (χ2n) is 13.3. The third kappa shape index (κ3) is 8.24. The Morgan fingerprint density at radius 2 is 1.05 bits per heavy atom. The van der Waals surface area contributed by atoms with E-state index in [9.17, 15) is 25.9 Å². The zero-order valence-corrected chi connectivity index (χ0v) is 36.2. The average Bonchev–Trinajstić information content (AvgIpc) is 3.95. The quantitative estimate of drug-likeness (QED) is 0.0841. The predicted molar refractivity (Wildman–Crippen MR) is 228 cm³/mol. The lowest BCUT2D eigenvalue weighted by molar-refractivity contribution is 0.303. The molecule has 0 amide bonds. The molecule has 0 aliphatic carbocycles. The van der Waals surface area contributed by atoms with Crippen LogP contribution in [0.3, 0.4) is 0 Å². The molecule has 4 aromatic heterocycles. The number of nitrogens with zero attached hydrogens (tertiary/aromatic N) is 4. The van der Waals surface area contributed by atoms with Gasteiger partial charge in [-0.05, 0) is 74.2 Å². The average molecular weight is 941 g/mol. The number of thiophene rings is 2. The van der Waals surface area contributed by atoms with Crippen molar-refractivity contribution in [1.29, 1.82) is 0 Å². The maximum absolute atomic E-state index is 11.9. The summed E-state index contributed by atoms with van der Waals surface area (Å²) in [5.41, 5.74) is 5.22. The standard InChI is InChI=1S/C38H30Cl4N4O8S4/c39-21-11-13-29(25(41)15-21)45-35-23(19-53-31-17-33(55-37(31)35)57(47,48)49)27(43-45)9-7-5-3-1-2-4-6-8-10-28-24-20-54-32-18-34(58(50,51)52)56-38(32)36(24)46(44-28)30-14-12-22(40)16-26(30)42/h7-18H,1-6,19-20H2,(H,47,48,49)(H,50,51,52)/b9-7+,10-8+. The fourth-order valence-corrected chi connectivity index (χ4v) is 11.3. The fourth-order valence-electron chi connectivity index (χ4n) is 6.68. The fraction of sp³-hybridized carbons (Fsp3) is 0.211. The molecule has 0 fully saturated rings. The Hall–Kier alpha value is -3.68. The van der Waals surface area contributed by atoms with E-state index in [4.69, 9.17) is 66.1 Å². The first-order valence-corrected chi connectivity index (χ1v) is 23.7. The normalized spacial score (nSPS) is 13.7. The highest BCUT2D eigenvalue weighted by molar-refractivity contribution is 7.88. The molecule has 20 heteroatoms. The topological polar surface area (TPSA) is 163 Å². The molecule has 6 aromatic rings. The van der Waals surface area contributed by atoms with Gasteiger partial charge in [-0.25, -0.2) is 9.36 Å². The van der Waals surface area contributed by atoms with Gasteiger partial charge in [-0.3, -0.25) is 9.11 Å². The molecule has 0 atom stereocenters. The van der Waals surface area contributed by atoms with Gasteiger partial charge >= 0.3 is 20.2 Å². The highest BCUT2D eigenvalue weighted by Crippen LogP contribution is 2.49. The van der Waals surface area contributed by atoms with Crippen molar-refractivity contribution in [2.24, 2.45) is 0 Å². The van der Waals surface area contributed by atoms with Crippen molar-refractivity contribution in [3.63, 3.8) is 0 Å². The van der Waals surface area contributed by atoms with E-state index in [1.807, 2.05) is 12.2 Å². The molecule has 8 rings (SSSR count). The predicted octanol–water partition coefficient (Wildman–Crippen LogP) is 11.5. The van der Waals surface area contributed by atoms with Crippen molar-refractivity contribution in [1.82, 2.24) is 19.6 Å². The molecule has 2 aliphatic heterocycles. The van der Waals surface area contributed by atoms with E-state index in [-0.39, 0.29) is 21.6 Å². The Morgan fingerprint density at radius 1 is 0.638 bits per heavy atom. The lowest BCUT2D eigenvalue weighted by atomic mass is 10.1. The van der Waals surface area contributed by atoms with E-state index < -0.39 is 20.2 Å². The van der Waals surface area contributed by atoms with Crippen molar-refractivity contribution in [2.75, 3.05) is 0 Å². The van der Waals surface area contributed by atoms with Gasteiger partial charge in [0.1, 0.15) is 24.7 Å². The maximum atomic E-state index is 11.9. The van der Waals surface area contributed by atoms with Crippen LogP contribution in [0.1, 0.15) is 61.0 Å². The van der Waals surface area contributed by atoms with Crippen LogP contribution in [0.25, 0.3) is 44.7 Å². The zero-order valence-electron chi connectivity index (χ0n) is 29.9. The summed E-state index contributed by atoms with van der Waals surface area (Å²) in [5, 5.41) is 11.3. The smallest absolute Gasteiger partial charge is 0.304 e. The third-order valence-electron chi connectivity index (χ3n) is 9.38. The summed E-state index contributed by atoms with van der Waals surface area (Å²) >= 11 is 27.3. The Bertz CT molecular complexity index is 2680. The molecule has 2 N–H and O–H groups in total. The number of fused-ring (bicyclic) bond motifs is 6. The summed E-state index contributed by atoms with van der Waals surface area (Å²) in [7, 11) is -8.89. The second kappa shape index (κ2) is 16.4. The zero-order chi connectivity index (χ0) is 40.9. The number of benzene rings is 2. The summed E-state index contributed by atoms with van der Waals surface area (Å²) in [5.74, 6) is 0.669. The number of hydrogen-bond acceptors (Lipinski definition) is 10. The second-order valence-corrected chi connectivity index (χ2v) is 20.4. The summed E-state index contributed by atoms with van der Waals surface area (Å²) in [6.07, 6.45) is 13.4. The lowest BCUT2D eigenvalue weighted by Gasteiger charge is -2.16. The minimum atomic E-state index is -4.44. The van der Waals surface area contributed by atoms with Crippen molar-refractivity contribution >= 4 is 101 Å². The molecule has 0 bridgehead atoms. The van der Waals surface area contributed by atoms with Crippen LogP contribution in [-0.2, 0) is 33.5 Å². The number of rotatable bonds is 13. The lowest BCUT2D eigenvalue weighted by Crippen LogP contribution is -2.06. The Kier molecular flexibility index (Phi) is 11.6. The molecular weight excluding hydrogens is 911 g/mol. The molecule has 2 aliphatic rings. The number of unbranched alkanes of at least 4 members (excludes halogenated alkanes) is 5. The molecule has 0 saturated carbocycles. The first-order valence-electron chi connectivity index (χ1n) is 17.6. The molecule has 12 nitrogen and oxygen atoms in total. The summed E-state index contributed by atoms with van der Waals surface area (Å²) in [6.45, 7) is 0.300. The van der Waals surface area contributed by atoms with Crippen LogP contribution in [0.5, 0.6) is 11.5 Å². The van der Waals surface area contributed by atoms with Gasteiger partial charge in [-0.15, -0.1) is 22.7 Å². The molecule has 0 saturated heterocycles.